The summed E-state index contributed by atoms with van der Waals surface area (Å²) in [6, 6.07) is 0. The van der Waals surface area contributed by atoms with Gasteiger partial charge in [-0.1, -0.05) is 17.7 Å². The highest BCUT2D eigenvalue weighted by Gasteiger charge is 2.31. The van der Waals surface area contributed by atoms with E-state index in [0.717, 1.165) is 0 Å². The van der Waals surface area contributed by atoms with Gasteiger partial charge in [0.1, 0.15) is 11.9 Å². The third kappa shape index (κ3) is 1.54. The van der Waals surface area contributed by atoms with Crippen LogP contribution < -0.4 is 0 Å². The minimum Gasteiger partial charge on any atom is -0.489 e. The molecule has 1 aliphatic carbocycles. The highest BCUT2D eigenvalue weighted by atomic mass is 35.5. The summed E-state index contributed by atoms with van der Waals surface area (Å²) in [6.07, 6.45) is 6.39. The van der Waals surface area contributed by atoms with E-state index in [9.17, 15) is 4.79 Å². The zero-order valence-corrected chi connectivity index (χ0v) is 7.62. The molecule has 2 atom stereocenters. The predicted molar refractivity (Wildman–Crippen MR) is 49.9 cm³/mol. The molecule has 1 aliphatic heterocycles. The molecule has 0 bridgehead atoms. The number of hydrogen-bond donors (Lipinski definition) is 0. The fraction of sp³-hybridized carbons (Fsp3) is 0.200. The summed E-state index contributed by atoms with van der Waals surface area (Å²) >= 11 is 5.77. The van der Waals surface area contributed by atoms with E-state index in [1.54, 1.807) is 18.2 Å². The van der Waals surface area contributed by atoms with Crippen LogP contribution in [0.1, 0.15) is 0 Å². The molecule has 2 aliphatic rings. The number of carbonyl (C=O) groups is 1. The lowest BCUT2D eigenvalue weighted by atomic mass is 9.91. The Labute approximate surface area is 81.5 Å². The summed E-state index contributed by atoms with van der Waals surface area (Å²) in [5.41, 5.74) is 0. The molecular weight excluding hydrogens is 188 g/mol. The topological polar surface area (TPSA) is 26.3 Å². The molecule has 0 aromatic carbocycles. The molecule has 67 valence electrons. The second kappa shape index (κ2) is 3.04. The molecule has 0 aromatic heterocycles. The molecule has 2 nitrogen and oxygen atoms in total. The van der Waals surface area contributed by atoms with Crippen molar-refractivity contribution in [2.24, 2.45) is 5.92 Å². The van der Waals surface area contributed by atoms with Crippen molar-refractivity contribution in [3.63, 3.8) is 0 Å². The van der Waals surface area contributed by atoms with Gasteiger partial charge >= 0.3 is 0 Å². The summed E-state index contributed by atoms with van der Waals surface area (Å²) in [6.45, 7) is 3.59. The molecule has 1 heterocycles. The van der Waals surface area contributed by atoms with Gasteiger partial charge in [-0.15, -0.1) is 0 Å². The highest BCUT2D eigenvalue weighted by molar-refractivity contribution is 6.31. The van der Waals surface area contributed by atoms with Crippen LogP contribution in [0.15, 0.2) is 35.1 Å². The van der Waals surface area contributed by atoms with Crippen molar-refractivity contribution in [2.75, 3.05) is 0 Å². The zero-order valence-electron chi connectivity index (χ0n) is 6.87. The molecule has 2 unspecified atom stereocenters. The highest BCUT2D eigenvalue weighted by Crippen LogP contribution is 2.28. The second-order valence-electron chi connectivity index (χ2n) is 3.03. The van der Waals surface area contributed by atoms with Gasteiger partial charge < -0.3 is 4.74 Å². The van der Waals surface area contributed by atoms with E-state index in [2.05, 4.69) is 6.92 Å². The SMILES string of the molecule is [CH2]C1=CC(=O)C2C=C(Cl)C=CC2O1. The Bertz CT molecular complexity index is 339. The van der Waals surface area contributed by atoms with Gasteiger partial charge in [-0.2, -0.15) is 0 Å². The van der Waals surface area contributed by atoms with Gasteiger partial charge in [0, 0.05) is 18.0 Å². The van der Waals surface area contributed by atoms with Gasteiger partial charge in [0.2, 0.25) is 0 Å². The van der Waals surface area contributed by atoms with Crippen LogP contribution >= 0.6 is 11.6 Å². The Morgan fingerprint density at radius 1 is 1.54 bits per heavy atom. The maximum Gasteiger partial charge on any atom is 0.169 e. The summed E-state index contributed by atoms with van der Waals surface area (Å²) in [7, 11) is 0. The number of carbonyl (C=O) groups excluding carboxylic acids is 1. The molecule has 0 amide bonds. The van der Waals surface area contributed by atoms with Crippen LogP contribution in [0.4, 0.5) is 0 Å². The van der Waals surface area contributed by atoms with Crippen molar-refractivity contribution >= 4 is 17.4 Å². The first-order valence-electron chi connectivity index (χ1n) is 3.96. The fourth-order valence-corrected chi connectivity index (χ4v) is 1.66. The van der Waals surface area contributed by atoms with E-state index in [1.165, 1.54) is 6.08 Å². The lowest BCUT2D eigenvalue weighted by molar-refractivity contribution is -0.121. The monoisotopic (exact) mass is 195 g/mol. The van der Waals surface area contributed by atoms with E-state index < -0.39 is 0 Å². The van der Waals surface area contributed by atoms with Gasteiger partial charge in [-0.3, -0.25) is 4.79 Å². The van der Waals surface area contributed by atoms with Crippen molar-refractivity contribution in [3.8, 4) is 0 Å². The van der Waals surface area contributed by atoms with Gasteiger partial charge in [0.05, 0.1) is 5.92 Å². The van der Waals surface area contributed by atoms with Crippen LogP contribution in [0.5, 0.6) is 0 Å². The van der Waals surface area contributed by atoms with E-state index in [-0.39, 0.29) is 17.8 Å². The van der Waals surface area contributed by atoms with Crippen LogP contribution in [-0.2, 0) is 9.53 Å². The van der Waals surface area contributed by atoms with Crippen molar-refractivity contribution in [1.82, 2.24) is 0 Å². The lowest BCUT2D eigenvalue weighted by Gasteiger charge is -2.28. The second-order valence-corrected chi connectivity index (χ2v) is 3.47. The molecule has 13 heavy (non-hydrogen) atoms. The molecule has 0 aromatic rings. The minimum absolute atomic E-state index is 0.00347. The Balaban J connectivity index is 2.33. The first-order chi connectivity index (χ1) is 6.16. The number of ether oxygens (including phenoxy) is 1. The third-order valence-corrected chi connectivity index (χ3v) is 2.31. The Hall–Kier alpha value is -1.02. The maximum atomic E-state index is 11.5. The molecule has 3 heteroatoms. The quantitative estimate of drug-likeness (QED) is 0.591. The van der Waals surface area contributed by atoms with Crippen molar-refractivity contribution < 1.29 is 9.53 Å². The summed E-state index contributed by atoms with van der Waals surface area (Å²) in [5, 5.41) is 0.583. The molecule has 0 saturated heterocycles. The smallest absolute Gasteiger partial charge is 0.169 e. The molecule has 0 fully saturated rings. The number of hydrogen-bond acceptors (Lipinski definition) is 2. The van der Waals surface area contributed by atoms with E-state index in [4.69, 9.17) is 16.3 Å². The first-order valence-corrected chi connectivity index (χ1v) is 4.34. The maximum absolute atomic E-state index is 11.5. The minimum atomic E-state index is -0.275. The van der Waals surface area contributed by atoms with Crippen LogP contribution in [0.2, 0.25) is 0 Å². The van der Waals surface area contributed by atoms with Gasteiger partial charge in [0.15, 0.2) is 5.78 Å². The first kappa shape index (κ1) is 8.57. The van der Waals surface area contributed by atoms with Gasteiger partial charge in [-0.25, -0.2) is 0 Å². The van der Waals surface area contributed by atoms with Gasteiger partial charge in [-0.05, 0) is 12.2 Å². The standard InChI is InChI=1S/C10H8ClO2/c1-6-4-9(12)8-5-7(11)2-3-10(8)13-6/h2-5,8,10H,1H2. The number of ketones is 1. The molecule has 0 spiro atoms. The van der Waals surface area contributed by atoms with Crippen molar-refractivity contribution in [3.05, 3.63) is 42.0 Å². The Kier molecular flexibility index (Phi) is 2.00. The predicted octanol–water partition coefficient (Wildman–Crippen LogP) is 1.98. The molecule has 2 rings (SSSR count). The fourth-order valence-electron chi connectivity index (χ4n) is 1.45. The van der Waals surface area contributed by atoms with Crippen LogP contribution in [-0.4, -0.2) is 11.9 Å². The van der Waals surface area contributed by atoms with E-state index in [1.807, 2.05) is 0 Å². The van der Waals surface area contributed by atoms with E-state index in [0.29, 0.717) is 10.8 Å². The summed E-state index contributed by atoms with van der Waals surface area (Å²) in [5.74, 6) is 0.147. The van der Waals surface area contributed by atoms with Crippen LogP contribution in [0.25, 0.3) is 0 Å². The lowest BCUT2D eigenvalue weighted by Crippen LogP contribution is -2.32. The van der Waals surface area contributed by atoms with Crippen molar-refractivity contribution in [1.29, 1.82) is 0 Å². The molecular formula is C10H8ClO2. The Morgan fingerprint density at radius 2 is 2.31 bits per heavy atom. The molecule has 0 saturated carbocycles. The van der Waals surface area contributed by atoms with Crippen LogP contribution in [0, 0.1) is 12.8 Å². The number of halogens is 1. The van der Waals surface area contributed by atoms with Crippen molar-refractivity contribution in [2.45, 2.75) is 6.10 Å². The number of fused-ring (bicyclic) bond motifs is 1. The Morgan fingerprint density at radius 3 is 3.08 bits per heavy atom. The average molecular weight is 196 g/mol. The number of allylic oxidation sites excluding steroid dienone is 4. The summed E-state index contributed by atoms with van der Waals surface area (Å²) in [4.78, 5) is 11.5. The zero-order chi connectivity index (χ0) is 9.42. The average Bonchev–Trinajstić information content (AvgIpc) is 2.06. The third-order valence-electron chi connectivity index (χ3n) is 2.06. The van der Waals surface area contributed by atoms with Crippen LogP contribution in [0.3, 0.4) is 0 Å². The molecule has 0 N–H and O–H groups in total. The summed E-state index contributed by atoms with van der Waals surface area (Å²) < 4.78 is 5.35. The normalized spacial score (nSPS) is 31.7. The molecule has 1 radical (unpaired) electrons. The van der Waals surface area contributed by atoms with E-state index >= 15 is 0 Å². The number of rotatable bonds is 0. The largest absolute Gasteiger partial charge is 0.489 e. The van der Waals surface area contributed by atoms with Gasteiger partial charge in [0.25, 0.3) is 0 Å².